The first kappa shape index (κ1) is 18.3. The van der Waals surface area contributed by atoms with Gasteiger partial charge in [0.15, 0.2) is 5.13 Å². The number of hydrogen-bond acceptors (Lipinski definition) is 7. The number of aromatic nitrogens is 2. The molecule has 4 N–H and O–H groups in total. The van der Waals surface area contributed by atoms with E-state index in [9.17, 15) is 9.59 Å². The lowest BCUT2D eigenvalue weighted by Gasteiger charge is -2.34. The molecular formula is C17H22N6O2S. The molecule has 138 valence electrons. The Morgan fingerprint density at radius 3 is 3.04 bits per heavy atom. The second-order valence-electron chi connectivity index (χ2n) is 6.08. The van der Waals surface area contributed by atoms with Crippen molar-refractivity contribution in [2.24, 2.45) is 0 Å². The number of thiazole rings is 1. The molecule has 3 heterocycles. The van der Waals surface area contributed by atoms with Gasteiger partial charge in [-0.15, -0.1) is 11.3 Å². The van der Waals surface area contributed by atoms with Crippen LogP contribution >= 0.6 is 11.3 Å². The van der Waals surface area contributed by atoms with Gasteiger partial charge in [-0.1, -0.05) is 6.07 Å². The molecule has 2 amide bonds. The van der Waals surface area contributed by atoms with Crippen molar-refractivity contribution in [2.45, 2.75) is 25.4 Å². The van der Waals surface area contributed by atoms with Crippen molar-refractivity contribution in [2.75, 3.05) is 25.4 Å². The normalized spacial score (nSPS) is 17.7. The van der Waals surface area contributed by atoms with Crippen LogP contribution in [-0.2, 0) is 22.6 Å². The number of piperazine rings is 1. The number of hydrogen-bond donors (Lipinski definition) is 3. The predicted octanol–water partition coefficient (Wildman–Crippen LogP) is 0.170. The van der Waals surface area contributed by atoms with Gasteiger partial charge in [0.25, 0.3) is 0 Å². The molecule has 0 aliphatic carbocycles. The van der Waals surface area contributed by atoms with Gasteiger partial charge in [-0.25, -0.2) is 4.98 Å². The summed E-state index contributed by atoms with van der Waals surface area (Å²) >= 11 is 1.38. The number of carbonyl (C=O) groups excluding carboxylic acids is 2. The van der Waals surface area contributed by atoms with Crippen LogP contribution < -0.4 is 16.4 Å². The largest absolute Gasteiger partial charge is 0.375 e. The Hall–Kier alpha value is -2.52. The van der Waals surface area contributed by atoms with Gasteiger partial charge >= 0.3 is 0 Å². The van der Waals surface area contributed by atoms with Crippen LogP contribution in [-0.4, -0.2) is 52.4 Å². The van der Waals surface area contributed by atoms with Gasteiger partial charge in [0.2, 0.25) is 11.8 Å². The van der Waals surface area contributed by atoms with Gasteiger partial charge in [-0.2, -0.15) is 0 Å². The Bertz CT molecular complexity index is 751. The molecule has 2 aromatic heterocycles. The zero-order valence-electron chi connectivity index (χ0n) is 14.4. The predicted molar refractivity (Wildman–Crippen MR) is 99.3 cm³/mol. The summed E-state index contributed by atoms with van der Waals surface area (Å²) in [5.74, 6) is -0.268. The minimum absolute atomic E-state index is 0.116. The number of carbonyl (C=O) groups is 2. The van der Waals surface area contributed by atoms with Gasteiger partial charge in [0.05, 0.1) is 23.9 Å². The summed E-state index contributed by atoms with van der Waals surface area (Å²) < 4.78 is 0. The van der Waals surface area contributed by atoms with Crippen LogP contribution in [0.4, 0.5) is 5.13 Å². The highest BCUT2D eigenvalue weighted by atomic mass is 32.1. The number of nitrogens with zero attached hydrogens (tertiary/aromatic N) is 3. The molecule has 26 heavy (non-hydrogen) atoms. The van der Waals surface area contributed by atoms with E-state index in [0.29, 0.717) is 37.7 Å². The van der Waals surface area contributed by atoms with Gasteiger partial charge in [-0.3, -0.25) is 19.5 Å². The maximum absolute atomic E-state index is 12.3. The molecule has 2 aromatic rings. The van der Waals surface area contributed by atoms with Crippen molar-refractivity contribution in [1.29, 1.82) is 0 Å². The minimum atomic E-state index is -0.485. The molecule has 8 nitrogen and oxygen atoms in total. The first-order chi connectivity index (χ1) is 12.6. The average molecular weight is 374 g/mol. The Balaban J connectivity index is 1.52. The third-order valence-corrected chi connectivity index (χ3v) is 4.91. The van der Waals surface area contributed by atoms with Crippen LogP contribution in [0.5, 0.6) is 0 Å². The Morgan fingerprint density at radius 2 is 2.31 bits per heavy atom. The lowest BCUT2D eigenvalue weighted by atomic mass is 10.1. The molecule has 1 fully saturated rings. The summed E-state index contributed by atoms with van der Waals surface area (Å²) in [6, 6.07) is 5.20. The molecule has 1 saturated heterocycles. The van der Waals surface area contributed by atoms with Gasteiger partial charge < -0.3 is 16.4 Å². The molecule has 0 unspecified atom stereocenters. The van der Waals surface area contributed by atoms with Crippen molar-refractivity contribution in [3.8, 4) is 0 Å². The summed E-state index contributed by atoms with van der Waals surface area (Å²) in [5.41, 5.74) is 7.34. The van der Waals surface area contributed by atoms with E-state index in [1.165, 1.54) is 11.3 Å². The zero-order valence-corrected chi connectivity index (χ0v) is 15.2. The molecule has 0 aromatic carbocycles. The summed E-state index contributed by atoms with van der Waals surface area (Å²) in [5, 5.41) is 8.09. The summed E-state index contributed by atoms with van der Waals surface area (Å²) in [7, 11) is 0. The monoisotopic (exact) mass is 374 g/mol. The molecule has 0 radical (unpaired) electrons. The molecule has 1 aliphatic heterocycles. The summed E-state index contributed by atoms with van der Waals surface area (Å²) in [4.78, 5) is 35.0. The molecule has 3 rings (SSSR count). The lowest BCUT2D eigenvalue weighted by Crippen LogP contribution is -2.56. The third-order valence-electron chi connectivity index (χ3n) is 4.18. The second kappa shape index (κ2) is 8.72. The van der Waals surface area contributed by atoms with Crippen LogP contribution in [0.1, 0.15) is 17.8 Å². The van der Waals surface area contributed by atoms with Gasteiger partial charge in [0.1, 0.15) is 0 Å². The highest BCUT2D eigenvalue weighted by molar-refractivity contribution is 7.13. The van der Waals surface area contributed by atoms with E-state index >= 15 is 0 Å². The van der Waals surface area contributed by atoms with Crippen LogP contribution in [0.3, 0.4) is 0 Å². The smallest absolute Gasteiger partial charge is 0.237 e. The van der Waals surface area contributed by atoms with Crippen LogP contribution in [0.2, 0.25) is 0 Å². The number of rotatable bonds is 7. The average Bonchev–Trinajstić information content (AvgIpc) is 3.04. The Morgan fingerprint density at radius 1 is 1.42 bits per heavy atom. The third kappa shape index (κ3) is 4.99. The summed E-state index contributed by atoms with van der Waals surface area (Å²) in [6.07, 6.45) is 2.47. The number of amides is 2. The van der Waals surface area contributed by atoms with Gasteiger partial charge in [-0.05, 0) is 12.1 Å². The van der Waals surface area contributed by atoms with Crippen LogP contribution in [0.25, 0.3) is 0 Å². The van der Waals surface area contributed by atoms with Crippen molar-refractivity contribution in [3.05, 3.63) is 41.2 Å². The van der Waals surface area contributed by atoms with Crippen molar-refractivity contribution in [1.82, 2.24) is 25.5 Å². The highest BCUT2D eigenvalue weighted by Gasteiger charge is 2.31. The topological polar surface area (TPSA) is 113 Å². The van der Waals surface area contributed by atoms with Crippen LogP contribution in [0, 0.1) is 0 Å². The minimum Gasteiger partial charge on any atom is -0.375 e. The fraction of sp³-hybridized carbons (Fsp3) is 0.412. The van der Waals surface area contributed by atoms with E-state index in [2.05, 4.69) is 20.6 Å². The maximum atomic E-state index is 12.3. The van der Waals surface area contributed by atoms with Gasteiger partial charge in [0, 0.05) is 44.2 Å². The Labute approximate surface area is 155 Å². The van der Waals surface area contributed by atoms with Crippen molar-refractivity contribution >= 4 is 28.3 Å². The van der Waals surface area contributed by atoms with E-state index in [1.54, 1.807) is 6.20 Å². The van der Waals surface area contributed by atoms with E-state index in [4.69, 9.17) is 5.73 Å². The zero-order chi connectivity index (χ0) is 18.4. The Kier molecular flexibility index (Phi) is 6.13. The lowest BCUT2D eigenvalue weighted by molar-refractivity contribution is -0.134. The quantitative estimate of drug-likeness (QED) is 0.637. The fourth-order valence-corrected chi connectivity index (χ4v) is 3.49. The fourth-order valence-electron chi connectivity index (χ4n) is 2.89. The molecular weight excluding hydrogens is 352 g/mol. The number of nitrogens with two attached hydrogens (primary N) is 1. The maximum Gasteiger partial charge on any atom is 0.237 e. The molecule has 0 saturated carbocycles. The molecule has 1 aliphatic rings. The van der Waals surface area contributed by atoms with Crippen LogP contribution in [0.15, 0.2) is 29.8 Å². The van der Waals surface area contributed by atoms with E-state index < -0.39 is 6.04 Å². The van der Waals surface area contributed by atoms with E-state index in [1.807, 2.05) is 28.5 Å². The highest BCUT2D eigenvalue weighted by Crippen LogP contribution is 2.13. The van der Waals surface area contributed by atoms with Crippen molar-refractivity contribution < 1.29 is 9.59 Å². The van der Waals surface area contributed by atoms with E-state index in [-0.39, 0.29) is 18.2 Å². The molecule has 0 bridgehead atoms. The van der Waals surface area contributed by atoms with Crippen molar-refractivity contribution in [3.63, 3.8) is 0 Å². The SMILES string of the molecule is Nc1nc(CCNC(=O)C[C@@H]2C(=O)NCCN2Cc2ccccn2)cs1. The first-order valence-electron chi connectivity index (χ1n) is 8.50. The number of pyridine rings is 1. The number of anilines is 1. The number of nitrogens with one attached hydrogen (secondary N) is 2. The molecule has 0 spiro atoms. The standard InChI is InChI=1S/C17H22N6O2S/c18-17-22-13(11-26-17)4-6-20-15(24)9-14-16(25)21-7-8-23(14)10-12-3-1-2-5-19-12/h1-3,5,11,14H,4,6-10H2,(H2,18,22)(H,20,24)(H,21,25)/t14-/m1/s1. The molecule has 9 heteroatoms. The van der Waals surface area contributed by atoms with E-state index in [0.717, 1.165) is 11.4 Å². The second-order valence-corrected chi connectivity index (χ2v) is 6.97. The number of nitrogen functional groups attached to an aromatic ring is 1. The first-order valence-corrected chi connectivity index (χ1v) is 9.38. The molecule has 1 atom stereocenters. The summed E-state index contributed by atoms with van der Waals surface area (Å²) in [6.45, 7) is 2.29.